The molecule has 1 aliphatic heterocycles. The first-order chi connectivity index (χ1) is 11.6. The molecule has 1 heterocycles. The van der Waals surface area contributed by atoms with Gasteiger partial charge >= 0.3 is 5.97 Å². The number of hydrogen-bond donors (Lipinski definition) is 1. The van der Waals surface area contributed by atoms with Gasteiger partial charge in [-0.1, -0.05) is 32.1 Å². The average Bonchev–Trinajstić information content (AvgIpc) is 2.94. The number of carbonyl (C=O) groups excluding carboxylic acids is 3. The normalized spacial score (nSPS) is 16.3. The molecule has 0 saturated carbocycles. The van der Waals surface area contributed by atoms with E-state index in [2.05, 4.69) is 27.7 Å². The third-order valence-electron chi connectivity index (χ3n) is 3.92. The second-order valence-electron chi connectivity index (χ2n) is 5.99. The van der Waals surface area contributed by atoms with Gasteiger partial charge in [-0.15, -0.1) is 0 Å². The molecule has 0 aromatic heterocycles. The molecule has 1 saturated heterocycles. The average molecular weight is 354 g/mol. The van der Waals surface area contributed by atoms with Gasteiger partial charge in [-0.25, -0.2) is 9.79 Å². The lowest BCUT2D eigenvalue weighted by Gasteiger charge is -2.08. The predicted octanol–water partition coefficient (Wildman–Crippen LogP) is 2.60. The number of cyclic esters (lactones) is 1. The third-order valence-corrected chi connectivity index (χ3v) is 4.05. The molecule has 1 fully saturated rings. The maximum Gasteiger partial charge on any atom is 0.328 e. The summed E-state index contributed by atoms with van der Waals surface area (Å²) in [7, 11) is 0. The topological polar surface area (TPSA) is 84.8 Å². The van der Waals surface area contributed by atoms with Crippen molar-refractivity contribution < 1.29 is 19.1 Å². The van der Waals surface area contributed by atoms with Crippen molar-refractivity contribution in [1.82, 2.24) is 5.32 Å². The molecule has 1 rings (SSSR count). The number of aliphatic imine (C=N–C) groups is 1. The van der Waals surface area contributed by atoms with E-state index < -0.39 is 12.0 Å². The summed E-state index contributed by atoms with van der Waals surface area (Å²) in [5.74, 6) is -0.871. The van der Waals surface area contributed by atoms with Gasteiger partial charge in [0.05, 0.1) is 18.2 Å². The summed E-state index contributed by atoms with van der Waals surface area (Å²) >= 11 is 4.50. The molecule has 0 aromatic rings. The maximum absolute atomic E-state index is 11.7. The summed E-state index contributed by atoms with van der Waals surface area (Å²) in [5, 5.41) is 4.90. The van der Waals surface area contributed by atoms with E-state index in [0.29, 0.717) is 19.4 Å². The van der Waals surface area contributed by atoms with Gasteiger partial charge in [0.1, 0.15) is 11.8 Å². The number of amides is 1. The van der Waals surface area contributed by atoms with E-state index in [-0.39, 0.29) is 18.1 Å². The Morgan fingerprint density at radius 2 is 1.83 bits per heavy atom. The van der Waals surface area contributed by atoms with Crippen LogP contribution < -0.4 is 5.32 Å². The lowest BCUT2D eigenvalue weighted by molar-refractivity contribution is -0.142. The SMILES string of the molecule is O=C(CCCCCCCCCN=C=S)CC(=O)N[C@H]1CCOC1=O. The van der Waals surface area contributed by atoms with Crippen molar-refractivity contribution >= 4 is 35.0 Å². The van der Waals surface area contributed by atoms with Crippen LogP contribution in [0, 0.1) is 0 Å². The Bertz CT molecular complexity index is 475. The first-order valence-electron chi connectivity index (χ1n) is 8.65. The van der Waals surface area contributed by atoms with Gasteiger partial charge in [0.15, 0.2) is 0 Å². The Kier molecular flexibility index (Phi) is 10.9. The molecule has 0 aliphatic carbocycles. The van der Waals surface area contributed by atoms with E-state index in [1.165, 1.54) is 6.42 Å². The van der Waals surface area contributed by atoms with E-state index in [1.54, 1.807) is 0 Å². The zero-order chi connectivity index (χ0) is 17.6. The molecule has 1 amide bonds. The number of esters is 1. The zero-order valence-corrected chi connectivity index (χ0v) is 14.9. The van der Waals surface area contributed by atoms with Gasteiger partial charge in [0.2, 0.25) is 5.91 Å². The lowest BCUT2D eigenvalue weighted by Crippen LogP contribution is -2.38. The number of isothiocyanates is 1. The fourth-order valence-electron chi connectivity index (χ4n) is 2.58. The van der Waals surface area contributed by atoms with Crippen molar-refractivity contribution in [3.63, 3.8) is 0 Å². The van der Waals surface area contributed by atoms with Crippen LogP contribution in [0.3, 0.4) is 0 Å². The van der Waals surface area contributed by atoms with Crippen LogP contribution in [-0.4, -0.2) is 42.0 Å². The van der Waals surface area contributed by atoms with E-state index >= 15 is 0 Å². The second kappa shape index (κ2) is 12.8. The Morgan fingerprint density at radius 1 is 1.17 bits per heavy atom. The number of Topliss-reactive ketones (excluding diaryl/α,β-unsaturated/α-hetero) is 1. The molecule has 0 spiro atoms. The van der Waals surface area contributed by atoms with Crippen LogP contribution in [0.4, 0.5) is 0 Å². The van der Waals surface area contributed by atoms with Crippen molar-refractivity contribution in [3.05, 3.63) is 0 Å². The molecule has 7 heteroatoms. The van der Waals surface area contributed by atoms with Gasteiger partial charge in [-0.2, -0.15) is 0 Å². The number of carbonyl (C=O) groups is 3. The molecule has 1 N–H and O–H groups in total. The van der Waals surface area contributed by atoms with Crippen molar-refractivity contribution in [1.29, 1.82) is 0 Å². The van der Waals surface area contributed by atoms with Crippen LogP contribution in [0.5, 0.6) is 0 Å². The van der Waals surface area contributed by atoms with Crippen LogP contribution >= 0.6 is 12.2 Å². The first-order valence-corrected chi connectivity index (χ1v) is 9.05. The number of thiocarbonyl (C=S) groups is 1. The minimum Gasteiger partial charge on any atom is -0.464 e. The van der Waals surface area contributed by atoms with E-state index in [9.17, 15) is 14.4 Å². The summed E-state index contributed by atoms with van der Waals surface area (Å²) in [6.45, 7) is 1.09. The number of ether oxygens (including phenoxy) is 1. The van der Waals surface area contributed by atoms with Gasteiger partial charge in [-0.3, -0.25) is 9.59 Å². The first kappa shape index (κ1) is 20.5. The van der Waals surface area contributed by atoms with Gasteiger partial charge in [-0.05, 0) is 25.1 Å². The van der Waals surface area contributed by atoms with Crippen LogP contribution in [0.15, 0.2) is 4.99 Å². The largest absolute Gasteiger partial charge is 0.464 e. The van der Waals surface area contributed by atoms with Gasteiger partial charge in [0, 0.05) is 19.4 Å². The highest BCUT2D eigenvalue weighted by Crippen LogP contribution is 2.10. The van der Waals surface area contributed by atoms with Crippen LogP contribution in [0.1, 0.15) is 64.2 Å². The highest BCUT2D eigenvalue weighted by Gasteiger charge is 2.28. The van der Waals surface area contributed by atoms with Crippen molar-refractivity contribution in [2.75, 3.05) is 13.2 Å². The van der Waals surface area contributed by atoms with E-state index in [0.717, 1.165) is 45.1 Å². The van der Waals surface area contributed by atoms with Crippen LogP contribution in [0.25, 0.3) is 0 Å². The van der Waals surface area contributed by atoms with Crippen LogP contribution in [0.2, 0.25) is 0 Å². The number of unbranched alkanes of at least 4 members (excludes halogenated alkanes) is 6. The number of hydrogen-bond acceptors (Lipinski definition) is 6. The molecule has 0 radical (unpaired) electrons. The van der Waals surface area contributed by atoms with Crippen molar-refractivity contribution in [2.24, 2.45) is 4.99 Å². The number of rotatable bonds is 13. The molecule has 24 heavy (non-hydrogen) atoms. The third kappa shape index (κ3) is 9.53. The standard InChI is InChI=1S/C17H26N2O4S/c20-14(12-16(21)19-15-9-11-23-17(15)22)8-6-4-2-1-3-5-7-10-18-13-24/h15H,1-12H2,(H,19,21)/t15-/m0/s1. The Morgan fingerprint density at radius 3 is 2.46 bits per heavy atom. The Balaban J connectivity index is 1.95. The molecular formula is C17H26N2O4S. The van der Waals surface area contributed by atoms with E-state index in [1.807, 2.05) is 0 Å². The van der Waals surface area contributed by atoms with E-state index in [4.69, 9.17) is 4.74 Å². The van der Waals surface area contributed by atoms with Crippen LogP contribution in [-0.2, 0) is 19.1 Å². The van der Waals surface area contributed by atoms with Crippen molar-refractivity contribution in [2.45, 2.75) is 70.3 Å². The summed E-state index contributed by atoms with van der Waals surface area (Å²) in [5.41, 5.74) is 0. The minimum atomic E-state index is -0.583. The van der Waals surface area contributed by atoms with Gasteiger partial charge < -0.3 is 10.1 Å². The zero-order valence-electron chi connectivity index (χ0n) is 14.1. The Labute approximate surface area is 148 Å². The molecule has 134 valence electrons. The summed E-state index contributed by atoms with van der Waals surface area (Å²) < 4.78 is 4.76. The predicted molar refractivity (Wildman–Crippen MR) is 94.0 cm³/mol. The molecule has 0 aromatic carbocycles. The fraction of sp³-hybridized carbons (Fsp3) is 0.765. The van der Waals surface area contributed by atoms with Crippen molar-refractivity contribution in [3.8, 4) is 0 Å². The second-order valence-corrected chi connectivity index (χ2v) is 6.17. The number of nitrogens with zero attached hydrogens (tertiary/aromatic N) is 1. The number of ketones is 1. The molecular weight excluding hydrogens is 328 g/mol. The molecule has 1 aliphatic rings. The Hall–Kier alpha value is -1.59. The summed E-state index contributed by atoms with van der Waals surface area (Å²) in [6, 6.07) is -0.583. The quantitative estimate of drug-likeness (QED) is 0.181. The highest BCUT2D eigenvalue weighted by molar-refractivity contribution is 7.78. The monoisotopic (exact) mass is 354 g/mol. The highest BCUT2D eigenvalue weighted by atomic mass is 32.1. The number of nitrogens with one attached hydrogen (secondary N) is 1. The molecule has 6 nitrogen and oxygen atoms in total. The molecule has 1 atom stereocenters. The molecule has 0 unspecified atom stereocenters. The smallest absolute Gasteiger partial charge is 0.328 e. The lowest BCUT2D eigenvalue weighted by atomic mass is 10.1. The maximum atomic E-state index is 11.7. The summed E-state index contributed by atoms with van der Waals surface area (Å²) in [4.78, 5) is 38.5. The van der Waals surface area contributed by atoms with Gasteiger partial charge in [0.25, 0.3) is 0 Å². The minimum absolute atomic E-state index is 0.0723. The fourth-order valence-corrected chi connectivity index (χ4v) is 2.67. The molecule has 0 bridgehead atoms. The summed E-state index contributed by atoms with van der Waals surface area (Å²) in [6.07, 6.45) is 8.18.